The first kappa shape index (κ1) is 15.9. The molecule has 4 atom stereocenters. The van der Waals surface area contributed by atoms with Crippen molar-refractivity contribution in [2.45, 2.75) is 55.1 Å². The van der Waals surface area contributed by atoms with Gasteiger partial charge < -0.3 is 24.8 Å². The SMILES string of the molecule is CC1(C)O[C@H]([C@H](O)[C@H](O)C2SCCCS2)[C@@H](CO)O1. The Bertz CT molecular complexity index is 296. The smallest absolute Gasteiger partial charge is 0.164 e. The molecule has 19 heavy (non-hydrogen) atoms. The molecule has 2 rings (SSSR count). The van der Waals surface area contributed by atoms with E-state index < -0.39 is 30.2 Å². The number of hydrogen-bond donors (Lipinski definition) is 3. The van der Waals surface area contributed by atoms with E-state index in [-0.39, 0.29) is 11.2 Å². The minimum Gasteiger partial charge on any atom is -0.394 e. The Balaban J connectivity index is 1.99. The van der Waals surface area contributed by atoms with Gasteiger partial charge in [-0.1, -0.05) is 0 Å². The van der Waals surface area contributed by atoms with E-state index in [1.807, 2.05) is 0 Å². The molecule has 0 aromatic rings. The van der Waals surface area contributed by atoms with Crippen molar-refractivity contribution in [2.24, 2.45) is 0 Å². The highest BCUT2D eigenvalue weighted by Gasteiger charge is 2.47. The Hall–Kier alpha value is 0.500. The van der Waals surface area contributed by atoms with Crippen molar-refractivity contribution in [3.63, 3.8) is 0 Å². The molecule has 5 nitrogen and oxygen atoms in total. The van der Waals surface area contributed by atoms with Crippen LogP contribution in [0, 0.1) is 0 Å². The van der Waals surface area contributed by atoms with Crippen LogP contribution in [0.5, 0.6) is 0 Å². The molecule has 2 heterocycles. The monoisotopic (exact) mass is 310 g/mol. The quantitative estimate of drug-likeness (QED) is 0.694. The highest BCUT2D eigenvalue weighted by molar-refractivity contribution is 8.17. The van der Waals surface area contributed by atoms with Crippen LogP contribution in [0.3, 0.4) is 0 Å². The zero-order valence-corrected chi connectivity index (χ0v) is 12.8. The van der Waals surface area contributed by atoms with E-state index in [0.29, 0.717) is 0 Å². The summed E-state index contributed by atoms with van der Waals surface area (Å²) in [5, 5.41) is 29.9. The van der Waals surface area contributed by atoms with Gasteiger partial charge in [0, 0.05) is 0 Å². The average molecular weight is 310 g/mol. The topological polar surface area (TPSA) is 79.2 Å². The highest BCUT2D eigenvalue weighted by atomic mass is 32.2. The molecule has 2 saturated heterocycles. The van der Waals surface area contributed by atoms with Gasteiger partial charge in [0.05, 0.1) is 11.2 Å². The second kappa shape index (κ2) is 6.51. The molecule has 0 aromatic carbocycles. The maximum Gasteiger partial charge on any atom is 0.164 e. The van der Waals surface area contributed by atoms with E-state index in [9.17, 15) is 15.3 Å². The first-order chi connectivity index (χ1) is 8.94. The van der Waals surface area contributed by atoms with Gasteiger partial charge in [-0.25, -0.2) is 0 Å². The molecule has 0 amide bonds. The van der Waals surface area contributed by atoms with Crippen LogP contribution in [-0.2, 0) is 9.47 Å². The Labute approximate surface area is 122 Å². The van der Waals surface area contributed by atoms with Gasteiger partial charge in [0.2, 0.25) is 0 Å². The molecule has 7 heteroatoms. The number of aliphatic hydroxyl groups excluding tert-OH is 3. The Kier molecular flexibility index (Phi) is 5.44. The summed E-state index contributed by atoms with van der Waals surface area (Å²) in [5.74, 6) is 1.16. The van der Waals surface area contributed by atoms with Crippen molar-refractivity contribution in [1.29, 1.82) is 0 Å². The zero-order valence-electron chi connectivity index (χ0n) is 11.2. The molecule has 2 aliphatic heterocycles. The van der Waals surface area contributed by atoms with Crippen molar-refractivity contribution in [3.8, 4) is 0 Å². The second-order valence-corrected chi connectivity index (χ2v) is 8.06. The molecule has 0 unspecified atom stereocenters. The number of hydrogen-bond acceptors (Lipinski definition) is 7. The molecule has 2 aliphatic rings. The second-order valence-electron chi connectivity index (χ2n) is 5.27. The van der Waals surface area contributed by atoms with E-state index >= 15 is 0 Å². The van der Waals surface area contributed by atoms with Crippen molar-refractivity contribution in [2.75, 3.05) is 18.1 Å². The lowest BCUT2D eigenvalue weighted by Crippen LogP contribution is -2.48. The number of thioether (sulfide) groups is 2. The van der Waals surface area contributed by atoms with Crippen molar-refractivity contribution in [1.82, 2.24) is 0 Å². The number of rotatable bonds is 4. The van der Waals surface area contributed by atoms with Crippen LogP contribution in [-0.4, -0.2) is 68.2 Å². The zero-order chi connectivity index (χ0) is 14.0. The minimum absolute atomic E-state index is 0.0459. The fraction of sp³-hybridized carbons (Fsp3) is 1.00. The minimum atomic E-state index is -1.05. The van der Waals surface area contributed by atoms with Gasteiger partial charge in [-0.3, -0.25) is 0 Å². The van der Waals surface area contributed by atoms with Gasteiger partial charge in [-0.2, -0.15) is 0 Å². The van der Waals surface area contributed by atoms with E-state index in [0.717, 1.165) is 17.9 Å². The molecule has 0 bridgehead atoms. The van der Waals surface area contributed by atoms with E-state index in [1.54, 1.807) is 37.4 Å². The normalized spacial score (nSPS) is 35.2. The van der Waals surface area contributed by atoms with Gasteiger partial charge in [0.1, 0.15) is 24.4 Å². The number of aliphatic hydroxyl groups is 3. The van der Waals surface area contributed by atoms with Crippen LogP contribution in [0.15, 0.2) is 0 Å². The molecule has 112 valence electrons. The Morgan fingerprint density at radius 2 is 1.79 bits per heavy atom. The Morgan fingerprint density at radius 1 is 1.16 bits per heavy atom. The molecule has 2 fully saturated rings. The molecule has 3 N–H and O–H groups in total. The Morgan fingerprint density at radius 3 is 2.37 bits per heavy atom. The molecule has 0 radical (unpaired) electrons. The summed E-state index contributed by atoms with van der Waals surface area (Å²) >= 11 is 3.32. The van der Waals surface area contributed by atoms with Crippen LogP contribution in [0.2, 0.25) is 0 Å². The summed E-state index contributed by atoms with van der Waals surface area (Å²) in [6, 6.07) is 0. The summed E-state index contributed by atoms with van der Waals surface area (Å²) in [6.07, 6.45) is -2.10. The fourth-order valence-electron chi connectivity index (χ4n) is 2.35. The molecular weight excluding hydrogens is 288 g/mol. The molecule has 0 spiro atoms. The molecule has 0 aromatic heterocycles. The lowest BCUT2D eigenvalue weighted by Gasteiger charge is -2.32. The summed E-state index contributed by atoms with van der Waals surface area (Å²) in [5.41, 5.74) is 0. The molecule has 0 aliphatic carbocycles. The van der Waals surface area contributed by atoms with E-state index in [4.69, 9.17) is 9.47 Å². The van der Waals surface area contributed by atoms with Crippen LogP contribution in [0.4, 0.5) is 0 Å². The van der Waals surface area contributed by atoms with Crippen molar-refractivity contribution >= 4 is 23.5 Å². The average Bonchev–Trinajstić information content (AvgIpc) is 2.73. The van der Waals surface area contributed by atoms with Gasteiger partial charge in [0.15, 0.2) is 5.79 Å². The van der Waals surface area contributed by atoms with Gasteiger partial charge in [-0.15, -0.1) is 23.5 Å². The highest BCUT2D eigenvalue weighted by Crippen LogP contribution is 2.37. The summed E-state index contributed by atoms with van der Waals surface area (Å²) in [4.78, 5) is 0. The summed E-state index contributed by atoms with van der Waals surface area (Å²) in [6.45, 7) is 3.24. The maximum atomic E-state index is 10.3. The number of ether oxygens (including phenoxy) is 2. The largest absolute Gasteiger partial charge is 0.394 e. The van der Waals surface area contributed by atoms with Crippen LogP contribution < -0.4 is 0 Å². The third-order valence-corrected chi connectivity index (χ3v) is 6.30. The van der Waals surface area contributed by atoms with E-state index in [1.165, 1.54) is 0 Å². The maximum absolute atomic E-state index is 10.3. The van der Waals surface area contributed by atoms with Crippen LogP contribution in [0.25, 0.3) is 0 Å². The van der Waals surface area contributed by atoms with Gasteiger partial charge >= 0.3 is 0 Å². The third-order valence-electron chi connectivity index (χ3n) is 3.22. The fourth-order valence-corrected chi connectivity index (χ4v) is 5.30. The molecular formula is C12H22O5S2. The summed E-state index contributed by atoms with van der Waals surface area (Å²) < 4.78 is 11.1. The third kappa shape index (κ3) is 3.78. The van der Waals surface area contributed by atoms with E-state index in [2.05, 4.69) is 0 Å². The lowest BCUT2D eigenvalue weighted by atomic mass is 10.0. The first-order valence-corrected chi connectivity index (χ1v) is 8.60. The standard InChI is InChI=1S/C12H22O5S2/c1-12(2)16-7(6-13)10(17-12)8(14)9(15)11-18-4-3-5-19-11/h7-11,13-15H,3-6H2,1-2H3/t7-,8-,9+,10+/m1/s1. The van der Waals surface area contributed by atoms with Crippen molar-refractivity contribution < 1.29 is 24.8 Å². The summed E-state index contributed by atoms with van der Waals surface area (Å²) in [7, 11) is 0. The first-order valence-electron chi connectivity index (χ1n) is 6.50. The van der Waals surface area contributed by atoms with Crippen LogP contribution in [0.1, 0.15) is 20.3 Å². The molecule has 0 saturated carbocycles. The predicted molar refractivity (Wildman–Crippen MR) is 76.2 cm³/mol. The van der Waals surface area contributed by atoms with Crippen molar-refractivity contribution in [3.05, 3.63) is 0 Å². The van der Waals surface area contributed by atoms with Gasteiger partial charge in [-0.05, 0) is 31.8 Å². The predicted octanol–water partition coefficient (Wildman–Crippen LogP) is 0.417. The lowest BCUT2D eigenvalue weighted by molar-refractivity contribution is -0.162. The van der Waals surface area contributed by atoms with Crippen LogP contribution >= 0.6 is 23.5 Å². The van der Waals surface area contributed by atoms with Gasteiger partial charge in [0.25, 0.3) is 0 Å².